The molecule has 1 aromatic carbocycles. The highest BCUT2D eigenvalue weighted by atomic mass is 35.5. The van der Waals surface area contributed by atoms with E-state index >= 15 is 0 Å². The zero-order valence-corrected chi connectivity index (χ0v) is 11.1. The van der Waals surface area contributed by atoms with E-state index in [9.17, 15) is 0 Å². The molecule has 0 unspecified atom stereocenters. The summed E-state index contributed by atoms with van der Waals surface area (Å²) < 4.78 is 10.0. The SMILES string of the molecule is COCCN=C(NN)Nc1ccc(Cl)c(OC)c1. The van der Waals surface area contributed by atoms with Crippen molar-refractivity contribution in [3.63, 3.8) is 0 Å². The first-order valence-corrected chi connectivity index (χ1v) is 5.69. The van der Waals surface area contributed by atoms with Crippen LogP contribution in [0.3, 0.4) is 0 Å². The first-order chi connectivity index (χ1) is 8.71. The number of rotatable bonds is 5. The Labute approximate surface area is 111 Å². The third-order valence-electron chi connectivity index (χ3n) is 2.12. The van der Waals surface area contributed by atoms with Crippen LogP contribution in [0.1, 0.15) is 0 Å². The van der Waals surface area contributed by atoms with Crippen LogP contribution in [0.15, 0.2) is 23.2 Å². The van der Waals surface area contributed by atoms with Gasteiger partial charge >= 0.3 is 0 Å². The van der Waals surface area contributed by atoms with Gasteiger partial charge in [0.1, 0.15) is 5.75 Å². The van der Waals surface area contributed by atoms with Crippen molar-refractivity contribution in [2.75, 3.05) is 32.7 Å². The monoisotopic (exact) mass is 272 g/mol. The zero-order chi connectivity index (χ0) is 13.4. The van der Waals surface area contributed by atoms with E-state index in [2.05, 4.69) is 15.7 Å². The van der Waals surface area contributed by atoms with Crippen LogP contribution < -0.4 is 21.3 Å². The molecule has 0 aliphatic heterocycles. The molecule has 0 saturated heterocycles. The minimum Gasteiger partial charge on any atom is -0.495 e. The Morgan fingerprint density at radius 2 is 2.22 bits per heavy atom. The number of nitrogens with two attached hydrogens (primary N) is 1. The third-order valence-corrected chi connectivity index (χ3v) is 2.43. The molecule has 6 nitrogen and oxygen atoms in total. The van der Waals surface area contributed by atoms with Gasteiger partial charge in [-0.05, 0) is 12.1 Å². The van der Waals surface area contributed by atoms with Gasteiger partial charge in [-0.3, -0.25) is 5.43 Å². The van der Waals surface area contributed by atoms with Crippen molar-refractivity contribution < 1.29 is 9.47 Å². The molecule has 0 saturated carbocycles. The number of benzene rings is 1. The van der Waals surface area contributed by atoms with Gasteiger partial charge in [0, 0.05) is 18.9 Å². The smallest absolute Gasteiger partial charge is 0.210 e. The van der Waals surface area contributed by atoms with E-state index < -0.39 is 0 Å². The van der Waals surface area contributed by atoms with Crippen molar-refractivity contribution in [3.8, 4) is 5.75 Å². The topological polar surface area (TPSA) is 80.9 Å². The van der Waals surface area contributed by atoms with E-state index in [1.807, 2.05) is 0 Å². The summed E-state index contributed by atoms with van der Waals surface area (Å²) in [7, 11) is 3.17. The lowest BCUT2D eigenvalue weighted by Crippen LogP contribution is -2.36. The number of hydrogen-bond donors (Lipinski definition) is 3. The Hall–Kier alpha value is -1.50. The predicted octanol–water partition coefficient (Wildman–Crippen LogP) is 1.23. The van der Waals surface area contributed by atoms with Crippen LogP contribution in [-0.2, 0) is 4.74 Å². The van der Waals surface area contributed by atoms with Crippen molar-refractivity contribution in [1.82, 2.24) is 5.43 Å². The summed E-state index contributed by atoms with van der Waals surface area (Å²) >= 11 is 5.93. The maximum atomic E-state index is 5.93. The molecule has 100 valence electrons. The average Bonchev–Trinajstić information content (AvgIpc) is 2.39. The van der Waals surface area contributed by atoms with Gasteiger partial charge in [0.05, 0.1) is 25.3 Å². The average molecular weight is 273 g/mol. The van der Waals surface area contributed by atoms with Gasteiger partial charge < -0.3 is 14.8 Å². The maximum Gasteiger partial charge on any atom is 0.210 e. The summed E-state index contributed by atoms with van der Waals surface area (Å²) in [5.41, 5.74) is 3.24. The first kappa shape index (κ1) is 14.6. The van der Waals surface area contributed by atoms with Gasteiger partial charge in [0.15, 0.2) is 0 Å². The van der Waals surface area contributed by atoms with Gasteiger partial charge in [-0.25, -0.2) is 10.8 Å². The molecule has 18 heavy (non-hydrogen) atoms. The number of nitrogens with zero attached hydrogens (tertiary/aromatic N) is 1. The molecule has 0 atom stereocenters. The number of guanidine groups is 1. The zero-order valence-electron chi connectivity index (χ0n) is 10.4. The van der Waals surface area contributed by atoms with Gasteiger partial charge in [-0.15, -0.1) is 0 Å². The molecular weight excluding hydrogens is 256 g/mol. The third kappa shape index (κ3) is 4.40. The molecule has 0 aromatic heterocycles. The van der Waals surface area contributed by atoms with E-state index in [0.717, 1.165) is 5.69 Å². The summed E-state index contributed by atoms with van der Waals surface area (Å²) in [5, 5.41) is 3.55. The fourth-order valence-electron chi connectivity index (χ4n) is 1.24. The fourth-order valence-corrected chi connectivity index (χ4v) is 1.44. The highest BCUT2D eigenvalue weighted by Crippen LogP contribution is 2.27. The molecule has 0 fully saturated rings. The summed E-state index contributed by atoms with van der Waals surface area (Å²) in [5.74, 6) is 6.38. The number of ether oxygens (including phenoxy) is 2. The Bertz CT molecular complexity index is 412. The summed E-state index contributed by atoms with van der Waals surface area (Å²) in [4.78, 5) is 4.18. The second-order valence-corrected chi connectivity index (χ2v) is 3.75. The van der Waals surface area contributed by atoms with Crippen LogP contribution in [0, 0.1) is 0 Å². The normalized spacial score (nSPS) is 11.2. The van der Waals surface area contributed by atoms with Gasteiger partial charge in [-0.1, -0.05) is 11.6 Å². The maximum absolute atomic E-state index is 5.93. The first-order valence-electron chi connectivity index (χ1n) is 5.31. The second kappa shape index (κ2) is 7.75. The van der Waals surface area contributed by atoms with E-state index in [-0.39, 0.29) is 0 Å². The van der Waals surface area contributed by atoms with Crippen LogP contribution in [0.2, 0.25) is 5.02 Å². The van der Waals surface area contributed by atoms with Gasteiger partial charge in [0.2, 0.25) is 5.96 Å². The number of methoxy groups -OCH3 is 2. The Morgan fingerprint density at radius 1 is 1.44 bits per heavy atom. The Morgan fingerprint density at radius 3 is 2.83 bits per heavy atom. The molecule has 0 radical (unpaired) electrons. The lowest BCUT2D eigenvalue weighted by Gasteiger charge is -2.11. The number of hydrogen-bond acceptors (Lipinski definition) is 4. The second-order valence-electron chi connectivity index (χ2n) is 3.34. The molecule has 0 heterocycles. The minimum atomic E-state index is 0.441. The Balaban J connectivity index is 2.72. The number of aliphatic imine (C=N–C) groups is 1. The molecule has 1 aromatic rings. The number of halogens is 1. The van der Waals surface area contributed by atoms with E-state index in [4.69, 9.17) is 26.9 Å². The summed E-state index contributed by atoms with van der Waals surface area (Å²) in [6, 6.07) is 5.28. The molecule has 4 N–H and O–H groups in total. The van der Waals surface area contributed by atoms with Gasteiger partial charge in [-0.2, -0.15) is 0 Å². The van der Waals surface area contributed by atoms with Crippen molar-refractivity contribution in [1.29, 1.82) is 0 Å². The molecule has 7 heteroatoms. The van der Waals surface area contributed by atoms with Crippen LogP contribution >= 0.6 is 11.6 Å². The molecule has 1 rings (SSSR count). The van der Waals surface area contributed by atoms with Crippen LogP contribution in [-0.4, -0.2) is 33.3 Å². The Kier molecular flexibility index (Phi) is 6.27. The minimum absolute atomic E-state index is 0.441. The summed E-state index contributed by atoms with van der Waals surface area (Å²) in [6.45, 7) is 1.03. The molecule has 0 bridgehead atoms. The lowest BCUT2D eigenvalue weighted by atomic mass is 10.3. The highest BCUT2D eigenvalue weighted by molar-refractivity contribution is 6.32. The largest absolute Gasteiger partial charge is 0.495 e. The van der Waals surface area contributed by atoms with E-state index in [1.165, 1.54) is 0 Å². The van der Waals surface area contributed by atoms with Crippen molar-refractivity contribution in [3.05, 3.63) is 23.2 Å². The van der Waals surface area contributed by atoms with E-state index in [1.54, 1.807) is 32.4 Å². The van der Waals surface area contributed by atoms with E-state index in [0.29, 0.717) is 29.9 Å². The highest BCUT2D eigenvalue weighted by Gasteiger charge is 2.03. The van der Waals surface area contributed by atoms with Crippen LogP contribution in [0.25, 0.3) is 0 Å². The molecule has 0 spiro atoms. The molecular formula is C11H17ClN4O2. The van der Waals surface area contributed by atoms with Crippen LogP contribution in [0.4, 0.5) is 5.69 Å². The standard InChI is InChI=1S/C11H17ClN4O2/c1-17-6-5-14-11(16-13)15-8-3-4-9(12)10(7-8)18-2/h3-4,7H,5-6,13H2,1-2H3,(H2,14,15,16). The number of nitrogens with one attached hydrogen (secondary N) is 2. The fraction of sp³-hybridized carbons (Fsp3) is 0.364. The number of hydrazine groups is 1. The molecule has 0 aliphatic rings. The number of anilines is 1. The summed E-state index contributed by atoms with van der Waals surface area (Å²) in [6.07, 6.45) is 0. The quantitative estimate of drug-likeness (QED) is 0.247. The predicted molar refractivity (Wildman–Crippen MR) is 73.1 cm³/mol. The van der Waals surface area contributed by atoms with Crippen molar-refractivity contribution in [2.45, 2.75) is 0 Å². The van der Waals surface area contributed by atoms with Gasteiger partial charge in [0.25, 0.3) is 0 Å². The lowest BCUT2D eigenvalue weighted by molar-refractivity contribution is 0.208. The van der Waals surface area contributed by atoms with Crippen molar-refractivity contribution in [2.24, 2.45) is 10.8 Å². The van der Waals surface area contributed by atoms with Crippen molar-refractivity contribution >= 4 is 23.2 Å². The molecule has 0 amide bonds. The molecule has 0 aliphatic carbocycles. The van der Waals surface area contributed by atoms with Crippen LogP contribution in [0.5, 0.6) is 5.75 Å².